The molecule has 3 rings (SSSR count). The zero-order valence-corrected chi connectivity index (χ0v) is 17.7. The van der Waals surface area contributed by atoms with Crippen LogP contribution in [0, 0.1) is 19.3 Å². The number of imide groups is 2. The molecule has 1 aliphatic rings. The van der Waals surface area contributed by atoms with E-state index >= 15 is 0 Å². The first-order valence-electron chi connectivity index (χ1n) is 8.46. The van der Waals surface area contributed by atoms with Gasteiger partial charge in [-0.1, -0.05) is 46.8 Å². The van der Waals surface area contributed by atoms with E-state index in [9.17, 15) is 14.4 Å². The number of anilines is 1. The molecule has 1 saturated heterocycles. The first-order valence-corrected chi connectivity index (χ1v) is 9.59. The van der Waals surface area contributed by atoms with Gasteiger partial charge in [0.1, 0.15) is 12.2 Å². The van der Waals surface area contributed by atoms with Gasteiger partial charge in [0.25, 0.3) is 11.8 Å². The lowest BCUT2D eigenvalue weighted by Crippen LogP contribution is -2.54. The molecule has 4 amide bonds. The number of ether oxygens (including phenoxy) is 1. The number of amides is 4. The third-order valence-electron chi connectivity index (χ3n) is 4.15. The van der Waals surface area contributed by atoms with Gasteiger partial charge in [0.05, 0.1) is 15.7 Å². The van der Waals surface area contributed by atoms with Crippen molar-refractivity contribution in [3.8, 4) is 18.1 Å². The highest BCUT2D eigenvalue weighted by Crippen LogP contribution is 2.35. The van der Waals surface area contributed by atoms with Gasteiger partial charge in [-0.15, -0.1) is 6.42 Å². The summed E-state index contributed by atoms with van der Waals surface area (Å²) < 4.78 is 5.28. The van der Waals surface area contributed by atoms with Gasteiger partial charge >= 0.3 is 6.03 Å². The van der Waals surface area contributed by atoms with E-state index in [1.807, 2.05) is 0 Å². The second-order valence-electron chi connectivity index (χ2n) is 6.20. The second-order valence-corrected chi connectivity index (χ2v) is 7.42. The fourth-order valence-corrected chi connectivity index (χ4v) is 3.48. The standard InChI is InChI=1S/C21H13Cl3N2O4/c1-3-6-30-18-16(23)8-12(9-17(18)24)7-14-19(27)25-21(29)26(20(14)28)13-5-4-11(2)15(22)10-13/h1,4-5,7-10H,6H2,2H3,(H,25,27,29)/b14-7-. The molecule has 0 radical (unpaired) electrons. The Balaban J connectivity index is 2.00. The van der Waals surface area contributed by atoms with Crippen LogP contribution in [0.4, 0.5) is 10.5 Å². The predicted molar refractivity (Wildman–Crippen MR) is 116 cm³/mol. The van der Waals surface area contributed by atoms with Crippen molar-refractivity contribution in [2.75, 3.05) is 11.5 Å². The average Bonchev–Trinajstić information content (AvgIpc) is 2.67. The maximum Gasteiger partial charge on any atom is 0.335 e. The Morgan fingerprint density at radius 3 is 2.37 bits per heavy atom. The monoisotopic (exact) mass is 462 g/mol. The molecule has 1 heterocycles. The van der Waals surface area contributed by atoms with Crippen LogP contribution >= 0.6 is 34.8 Å². The summed E-state index contributed by atoms with van der Waals surface area (Å²) in [5.41, 5.74) is 1.07. The van der Waals surface area contributed by atoms with Gasteiger partial charge in [0.2, 0.25) is 0 Å². The number of terminal acetylenes is 1. The smallest absolute Gasteiger partial charge is 0.335 e. The van der Waals surface area contributed by atoms with Crippen molar-refractivity contribution < 1.29 is 19.1 Å². The zero-order chi connectivity index (χ0) is 22.0. The Bertz CT molecular complexity index is 1130. The number of rotatable bonds is 4. The molecule has 1 fully saturated rings. The minimum atomic E-state index is -0.879. The molecular formula is C21H13Cl3N2O4. The number of barbiturate groups is 1. The molecule has 2 aromatic rings. The second kappa shape index (κ2) is 8.80. The molecule has 2 aromatic carbocycles. The van der Waals surface area contributed by atoms with Crippen LogP contribution in [-0.4, -0.2) is 24.5 Å². The van der Waals surface area contributed by atoms with Gasteiger partial charge in [0, 0.05) is 5.02 Å². The summed E-state index contributed by atoms with van der Waals surface area (Å²) in [4.78, 5) is 38.4. The zero-order valence-electron chi connectivity index (χ0n) is 15.5. The Morgan fingerprint density at radius 1 is 1.10 bits per heavy atom. The quantitative estimate of drug-likeness (QED) is 0.407. The van der Waals surface area contributed by atoms with E-state index < -0.39 is 17.8 Å². The van der Waals surface area contributed by atoms with Gasteiger partial charge in [-0.05, 0) is 48.4 Å². The molecule has 0 spiro atoms. The largest absolute Gasteiger partial charge is 0.478 e. The first-order chi connectivity index (χ1) is 14.2. The third kappa shape index (κ3) is 4.29. The summed E-state index contributed by atoms with van der Waals surface area (Å²) in [7, 11) is 0. The summed E-state index contributed by atoms with van der Waals surface area (Å²) >= 11 is 18.4. The van der Waals surface area contributed by atoms with Crippen molar-refractivity contribution in [2.24, 2.45) is 0 Å². The molecule has 0 saturated carbocycles. The summed E-state index contributed by atoms with van der Waals surface area (Å²) in [5, 5.41) is 2.80. The van der Waals surface area contributed by atoms with Crippen molar-refractivity contribution in [1.29, 1.82) is 0 Å². The Kier molecular flexibility index (Phi) is 6.37. The summed E-state index contributed by atoms with van der Waals surface area (Å²) in [5.74, 6) is 0.819. The predicted octanol–water partition coefficient (Wildman–Crippen LogP) is 4.63. The van der Waals surface area contributed by atoms with Crippen LogP contribution in [0.3, 0.4) is 0 Å². The van der Waals surface area contributed by atoms with E-state index in [1.165, 1.54) is 24.3 Å². The minimum Gasteiger partial charge on any atom is -0.478 e. The van der Waals surface area contributed by atoms with E-state index in [2.05, 4.69) is 11.2 Å². The maximum absolute atomic E-state index is 12.9. The SMILES string of the molecule is C#CCOc1c(Cl)cc(/C=C2/C(=O)NC(=O)N(c3ccc(C)c(Cl)c3)C2=O)cc1Cl. The molecule has 0 aliphatic carbocycles. The molecule has 30 heavy (non-hydrogen) atoms. The minimum absolute atomic E-state index is 0.0308. The van der Waals surface area contributed by atoms with Crippen LogP contribution in [0.1, 0.15) is 11.1 Å². The molecule has 0 aromatic heterocycles. The fourth-order valence-electron chi connectivity index (χ4n) is 2.69. The topological polar surface area (TPSA) is 75.7 Å². The number of nitrogens with one attached hydrogen (secondary N) is 1. The van der Waals surface area contributed by atoms with Crippen LogP contribution in [0.15, 0.2) is 35.9 Å². The van der Waals surface area contributed by atoms with Crippen LogP contribution in [-0.2, 0) is 9.59 Å². The highest BCUT2D eigenvalue weighted by Gasteiger charge is 2.37. The van der Waals surface area contributed by atoms with E-state index in [1.54, 1.807) is 19.1 Å². The summed E-state index contributed by atoms with van der Waals surface area (Å²) in [6, 6.07) is 6.71. The number of hydrogen-bond acceptors (Lipinski definition) is 4. The molecule has 1 aliphatic heterocycles. The van der Waals surface area contributed by atoms with Crippen molar-refractivity contribution in [1.82, 2.24) is 5.32 Å². The lowest BCUT2D eigenvalue weighted by molar-refractivity contribution is -0.122. The van der Waals surface area contributed by atoms with Crippen molar-refractivity contribution in [3.63, 3.8) is 0 Å². The number of carbonyl (C=O) groups excluding carboxylic acids is 3. The van der Waals surface area contributed by atoms with Gasteiger partial charge in [-0.25, -0.2) is 9.69 Å². The Hall–Kier alpha value is -2.98. The van der Waals surface area contributed by atoms with Crippen LogP contribution < -0.4 is 15.0 Å². The van der Waals surface area contributed by atoms with Crippen molar-refractivity contribution in [2.45, 2.75) is 6.92 Å². The van der Waals surface area contributed by atoms with Crippen LogP contribution in [0.2, 0.25) is 15.1 Å². The van der Waals surface area contributed by atoms with Gasteiger partial charge in [-0.3, -0.25) is 14.9 Å². The lowest BCUT2D eigenvalue weighted by atomic mass is 10.1. The number of aryl methyl sites for hydroxylation is 1. The third-order valence-corrected chi connectivity index (χ3v) is 5.12. The van der Waals surface area contributed by atoms with Gasteiger partial charge in [0.15, 0.2) is 5.75 Å². The maximum atomic E-state index is 12.9. The normalized spacial score (nSPS) is 15.2. The van der Waals surface area contributed by atoms with E-state index in [-0.39, 0.29) is 33.7 Å². The molecule has 0 bridgehead atoms. The summed E-state index contributed by atoms with van der Waals surface area (Å²) in [6.07, 6.45) is 6.43. The lowest BCUT2D eigenvalue weighted by Gasteiger charge is -2.26. The van der Waals surface area contributed by atoms with E-state index in [0.717, 1.165) is 10.5 Å². The van der Waals surface area contributed by atoms with Crippen molar-refractivity contribution >= 4 is 64.4 Å². The number of benzene rings is 2. The molecule has 0 unspecified atom stereocenters. The summed E-state index contributed by atoms with van der Waals surface area (Å²) in [6.45, 7) is 1.75. The van der Waals surface area contributed by atoms with Crippen LogP contribution in [0.25, 0.3) is 6.08 Å². The first kappa shape index (κ1) is 21.7. The van der Waals surface area contributed by atoms with Gasteiger partial charge in [-0.2, -0.15) is 0 Å². The molecule has 152 valence electrons. The molecule has 9 heteroatoms. The number of carbonyl (C=O) groups is 3. The number of urea groups is 1. The van der Waals surface area contributed by atoms with E-state index in [4.69, 9.17) is 46.0 Å². The molecular weight excluding hydrogens is 451 g/mol. The number of halogens is 3. The number of hydrogen-bond donors (Lipinski definition) is 1. The van der Waals surface area contributed by atoms with Crippen molar-refractivity contribution in [3.05, 3.63) is 62.1 Å². The Labute approximate surface area is 187 Å². The van der Waals surface area contributed by atoms with Gasteiger partial charge < -0.3 is 4.74 Å². The average molecular weight is 464 g/mol. The highest BCUT2D eigenvalue weighted by molar-refractivity contribution is 6.40. The van der Waals surface area contributed by atoms with E-state index in [0.29, 0.717) is 10.6 Å². The Morgan fingerprint density at radius 2 is 1.77 bits per heavy atom. The molecule has 6 nitrogen and oxygen atoms in total. The highest BCUT2D eigenvalue weighted by atomic mass is 35.5. The fraction of sp³-hybridized carbons (Fsp3) is 0.0952. The molecule has 1 N–H and O–H groups in total. The number of nitrogens with zero attached hydrogens (tertiary/aromatic N) is 1. The van der Waals surface area contributed by atoms with Crippen LogP contribution in [0.5, 0.6) is 5.75 Å². The molecule has 0 atom stereocenters.